The Morgan fingerprint density at radius 2 is 2.04 bits per heavy atom. The lowest BCUT2D eigenvalue weighted by Crippen LogP contribution is -2.46. The van der Waals surface area contributed by atoms with Gasteiger partial charge in [-0.3, -0.25) is 9.88 Å². The molecule has 2 aromatic rings. The number of pyridine rings is 1. The van der Waals surface area contributed by atoms with Gasteiger partial charge >= 0.3 is 0 Å². The van der Waals surface area contributed by atoms with Gasteiger partial charge in [-0.05, 0) is 45.3 Å². The second kappa shape index (κ2) is 9.31. The lowest BCUT2D eigenvalue weighted by molar-refractivity contribution is 0.111. The topological polar surface area (TPSA) is 59.8 Å². The molecule has 0 amide bonds. The highest BCUT2D eigenvalue weighted by atomic mass is 16.3. The van der Waals surface area contributed by atoms with Gasteiger partial charge in [0.15, 0.2) is 0 Å². The third-order valence-corrected chi connectivity index (χ3v) is 5.67. The molecule has 1 aliphatic heterocycles. The number of aromatic hydroxyl groups is 1. The average Bonchev–Trinajstić information content (AvgIpc) is 2.71. The van der Waals surface area contributed by atoms with Gasteiger partial charge < -0.3 is 15.1 Å². The van der Waals surface area contributed by atoms with Gasteiger partial charge in [0.2, 0.25) is 0 Å². The Morgan fingerprint density at radius 1 is 1.26 bits per heavy atom. The first-order chi connectivity index (χ1) is 13.1. The fourth-order valence-electron chi connectivity index (χ4n) is 3.90. The van der Waals surface area contributed by atoms with Crippen molar-refractivity contribution >= 4 is 0 Å². The van der Waals surface area contributed by atoms with E-state index in [2.05, 4.69) is 52.2 Å². The quantitative estimate of drug-likeness (QED) is 0.786. The minimum absolute atomic E-state index is 0.0993. The van der Waals surface area contributed by atoms with Crippen LogP contribution in [0.3, 0.4) is 0 Å². The highest BCUT2D eigenvalue weighted by Gasteiger charge is 2.24. The summed E-state index contributed by atoms with van der Waals surface area (Å²) < 4.78 is 0. The van der Waals surface area contributed by atoms with Crippen molar-refractivity contribution in [3.8, 4) is 5.75 Å². The molecule has 0 aliphatic carbocycles. The molecule has 0 unspecified atom stereocenters. The van der Waals surface area contributed by atoms with Crippen molar-refractivity contribution in [1.82, 2.24) is 14.8 Å². The van der Waals surface area contributed by atoms with Crippen molar-refractivity contribution in [2.75, 3.05) is 26.7 Å². The number of hydrogen-bond donors (Lipinski definition) is 2. The molecule has 1 aliphatic rings. The summed E-state index contributed by atoms with van der Waals surface area (Å²) in [6.45, 7) is 5.60. The highest BCUT2D eigenvalue weighted by Crippen LogP contribution is 2.27. The number of benzene rings is 1. The Hall–Kier alpha value is -1.95. The van der Waals surface area contributed by atoms with Gasteiger partial charge in [0.1, 0.15) is 5.75 Å². The molecule has 1 fully saturated rings. The van der Waals surface area contributed by atoms with E-state index >= 15 is 0 Å². The zero-order valence-corrected chi connectivity index (χ0v) is 16.4. The normalized spacial score (nSPS) is 18.1. The van der Waals surface area contributed by atoms with Crippen LogP contribution in [0, 0.1) is 6.92 Å². The molecule has 2 N–H and O–H groups in total. The monoisotopic (exact) mass is 369 g/mol. The van der Waals surface area contributed by atoms with Crippen LogP contribution in [0.5, 0.6) is 5.75 Å². The van der Waals surface area contributed by atoms with E-state index in [0.717, 1.165) is 38.0 Å². The second-order valence-electron chi connectivity index (χ2n) is 7.60. The van der Waals surface area contributed by atoms with E-state index in [1.807, 2.05) is 0 Å². The van der Waals surface area contributed by atoms with Gasteiger partial charge in [-0.15, -0.1) is 0 Å². The maximum absolute atomic E-state index is 10.4. The summed E-state index contributed by atoms with van der Waals surface area (Å²) in [5.41, 5.74) is 3.51. The number of aryl methyl sites for hydroxylation is 1. The van der Waals surface area contributed by atoms with Crippen molar-refractivity contribution in [2.24, 2.45) is 0 Å². The molecule has 5 heteroatoms. The molecule has 146 valence electrons. The molecule has 0 saturated carbocycles. The molecule has 27 heavy (non-hydrogen) atoms. The number of piperidine rings is 1. The van der Waals surface area contributed by atoms with Gasteiger partial charge in [0.05, 0.1) is 12.3 Å². The van der Waals surface area contributed by atoms with Crippen molar-refractivity contribution < 1.29 is 10.2 Å². The molecule has 5 nitrogen and oxygen atoms in total. The number of hydrogen-bond acceptors (Lipinski definition) is 5. The zero-order chi connectivity index (χ0) is 19.2. The van der Waals surface area contributed by atoms with Crippen molar-refractivity contribution in [2.45, 2.75) is 45.4 Å². The van der Waals surface area contributed by atoms with Crippen LogP contribution in [0.2, 0.25) is 0 Å². The summed E-state index contributed by atoms with van der Waals surface area (Å²) in [5, 5.41) is 20.0. The van der Waals surface area contributed by atoms with E-state index in [9.17, 15) is 10.2 Å². The van der Waals surface area contributed by atoms with Crippen LogP contribution in [0.4, 0.5) is 0 Å². The first-order valence-corrected chi connectivity index (χ1v) is 9.82. The molecule has 0 radical (unpaired) electrons. The van der Waals surface area contributed by atoms with Gasteiger partial charge in [-0.1, -0.05) is 30.3 Å². The summed E-state index contributed by atoms with van der Waals surface area (Å²) in [7, 11) is 2.11. The lowest BCUT2D eigenvalue weighted by Gasteiger charge is -2.38. The number of aliphatic hydroxyl groups excluding tert-OH is 1. The summed E-state index contributed by atoms with van der Waals surface area (Å²) in [4.78, 5) is 9.01. The summed E-state index contributed by atoms with van der Waals surface area (Å²) in [5.74, 6) is 0.213. The molecule has 1 aromatic heterocycles. The summed E-state index contributed by atoms with van der Waals surface area (Å²) in [6, 6.07) is 11.1. The van der Waals surface area contributed by atoms with Gasteiger partial charge in [-0.25, -0.2) is 0 Å². The highest BCUT2D eigenvalue weighted by molar-refractivity contribution is 5.40. The summed E-state index contributed by atoms with van der Waals surface area (Å²) in [6.07, 6.45) is 5.11. The standard InChI is InChI=1S/C22H31N3O2/c1-17-22(27)21(19(16-26)13-23-17)15-24(2)20-9-6-11-25(14-20)12-10-18-7-4-3-5-8-18/h3-5,7-8,13,20,26-27H,6,9-12,14-16H2,1-2H3/t20-/m1/s1. The van der Waals surface area contributed by atoms with Gasteiger partial charge in [0.25, 0.3) is 0 Å². The Labute approximate surface area is 162 Å². The number of aliphatic hydroxyl groups is 1. The van der Waals surface area contributed by atoms with Crippen LogP contribution in [-0.4, -0.2) is 57.7 Å². The number of nitrogens with zero attached hydrogens (tertiary/aromatic N) is 3. The van der Waals surface area contributed by atoms with Crippen LogP contribution in [0.25, 0.3) is 0 Å². The van der Waals surface area contributed by atoms with E-state index < -0.39 is 0 Å². The van der Waals surface area contributed by atoms with Crippen LogP contribution >= 0.6 is 0 Å². The van der Waals surface area contributed by atoms with Crippen molar-refractivity contribution in [1.29, 1.82) is 0 Å². The van der Waals surface area contributed by atoms with Crippen LogP contribution in [0.1, 0.15) is 35.2 Å². The smallest absolute Gasteiger partial charge is 0.141 e. The molecule has 0 bridgehead atoms. The molecule has 3 rings (SSSR count). The number of rotatable bonds is 7. The Morgan fingerprint density at radius 3 is 2.78 bits per heavy atom. The number of likely N-dealkylation sites (tertiary alicyclic amines) is 1. The van der Waals surface area contributed by atoms with Gasteiger partial charge in [-0.2, -0.15) is 0 Å². The molecule has 1 aromatic carbocycles. The Kier molecular flexibility index (Phi) is 6.83. The van der Waals surface area contributed by atoms with E-state index in [1.165, 1.54) is 12.0 Å². The molecule has 1 atom stereocenters. The Balaban J connectivity index is 1.60. The first-order valence-electron chi connectivity index (χ1n) is 9.82. The predicted octanol–water partition coefficient (Wildman–Crippen LogP) is 2.73. The SMILES string of the molecule is Cc1ncc(CO)c(CN(C)[C@@H]2CCCN(CCc3ccccc3)C2)c1O. The van der Waals surface area contributed by atoms with Crippen LogP contribution in [-0.2, 0) is 19.6 Å². The fourth-order valence-corrected chi connectivity index (χ4v) is 3.90. The third-order valence-electron chi connectivity index (χ3n) is 5.67. The molecular weight excluding hydrogens is 338 g/mol. The van der Waals surface area contributed by atoms with E-state index in [0.29, 0.717) is 23.8 Å². The molecular formula is C22H31N3O2. The lowest BCUT2D eigenvalue weighted by atomic mass is 10.0. The predicted molar refractivity (Wildman–Crippen MR) is 108 cm³/mol. The minimum atomic E-state index is -0.0993. The third kappa shape index (κ3) is 5.06. The second-order valence-corrected chi connectivity index (χ2v) is 7.60. The largest absolute Gasteiger partial charge is 0.506 e. The zero-order valence-electron chi connectivity index (χ0n) is 16.4. The Bertz CT molecular complexity index is 736. The van der Waals surface area contributed by atoms with E-state index in [4.69, 9.17) is 0 Å². The van der Waals surface area contributed by atoms with Crippen LogP contribution < -0.4 is 0 Å². The number of likely N-dealkylation sites (N-methyl/N-ethyl adjacent to an activating group) is 1. The number of aromatic nitrogens is 1. The molecule has 0 spiro atoms. The minimum Gasteiger partial charge on any atom is -0.506 e. The van der Waals surface area contributed by atoms with Crippen LogP contribution in [0.15, 0.2) is 36.5 Å². The van der Waals surface area contributed by atoms with Crippen molar-refractivity contribution in [3.63, 3.8) is 0 Å². The van der Waals surface area contributed by atoms with Crippen molar-refractivity contribution in [3.05, 3.63) is 58.9 Å². The maximum Gasteiger partial charge on any atom is 0.141 e. The molecule has 2 heterocycles. The van der Waals surface area contributed by atoms with E-state index in [-0.39, 0.29) is 12.4 Å². The molecule has 1 saturated heterocycles. The summed E-state index contributed by atoms with van der Waals surface area (Å²) >= 11 is 0. The maximum atomic E-state index is 10.4. The average molecular weight is 370 g/mol. The fraction of sp³-hybridized carbons (Fsp3) is 0.500. The van der Waals surface area contributed by atoms with E-state index in [1.54, 1.807) is 13.1 Å². The first kappa shape index (κ1) is 19.8. The van der Waals surface area contributed by atoms with Gasteiger partial charge in [0, 0.05) is 43.0 Å².